The molecule has 0 amide bonds. The molecule has 0 saturated carbocycles. The molecular formula is C10H20N2O4S. The van der Waals surface area contributed by atoms with Crippen molar-refractivity contribution in [2.24, 2.45) is 0 Å². The molecule has 0 aliphatic carbocycles. The zero-order chi connectivity index (χ0) is 13.2. The topological polar surface area (TPSA) is 77.9 Å². The van der Waals surface area contributed by atoms with Crippen LogP contribution in [0.3, 0.4) is 0 Å². The minimum Gasteiger partial charge on any atom is -0.480 e. The Morgan fingerprint density at radius 1 is 1.47 bits per heavy atom. The van der Waals surface area contributed by atoms with Gasteiger partial charge in [-0.05, 0) is 26.7 Å². The first-order valence-electron chi connectivity index (χ1n) is 5.76. The largest absolute Gasteiger partial charge is 0.480 e. The summed E-state index contributed by atoms with van der Waals surface area (Å²) in [5, 5.41) is 8.86. The second-order valence-electron chi connectivity index (χ2n) is 4.49. The van der Waals surface area contributed by atoms with Gasteiger partial charge in [-0.2, -0.15) is 17.0 Å². The molecule has 0 bridgehead atoms. The number of rotatable bonds is 4. The van der Waals surface area contributed by atoms with Gasteiger partial charge in [0.2, 0.25) is 0 Å². The molecule has 0 spiro atoms. The second-order valence-corrected chi connectivity index (χ2v) is 6.43. The summed E-state index contributed by atoms with van der Waals surface area (Å²) in [6.45, 7) is 3.70. The summed E-state index contributed by atoms with van der Waals surface area (Å²) in [4.78, 5) is 10.8. The summed E-state index contributed by atoms with van der Waals surface area (Å²) in [6.07, 6.45) is 2.68. The highest BCUT2D eigenvalue weighted by molar-refractivity contribution is 7.86. The fourth-order valence-corrected chi connectivity index (χ4v) is 3.68. The van der Waals surface area contributed by atoms with Crippen LogP contribution in [0.2, 0.25) is 0 Å². The van der Waals surface area contributed by atoms with Crippen LogP contribution < -0.4 is 0 Å². The number of carbonyl (C=O) groups is 1. The van der Waals surface area contributed by atoms with E-state index in [1.165, 1.54) is 18.3 Å². The van der Waals surface area contributed by atoms with E-state index in [0.29, 0.717) is 6.54 Å². The zero-order valence-electron chi connectivity index (χ0n) is 10.5. The summed E-state index contributed by atoms with van der Waals surface area (Å²) in [5.74, 6) is -1.14. The summed E-state index contributed by atoms with van der Waals surface area (Å²) < 4.78 is 26.8. The maximum absolute atomic E-state index is 12.2. The molecule has 1 aliphatic heterocycles. The SMILES string of the molecule is CC(C(=O)O)N(C)S(=O)(=O)N1CCCCC1C. The van der Waals surface area contributed by atoms with Gasteiger partial charge in [-0.15, -0.1) is 0 Å². The number of nitrogens with zero attached hydrogens (tertiary/aromatic N) is 2. The second kappa shape index (κ2) is 5.32. The minimum atomic E-state index is -3.67. The van der Waals surface area contributed by atoms with Crippen molar-refractivity contribution in [2.45, 2.75) is 45.2 Å². The lowest BCUT2D eigenvalue weighted by Gasteiger charge is -2.36. The lowest BCUT2D eigenvalue weighted by molar-refractivity contribution is -0.140. The molecule has 2 unspecified atom stereocenters. The Morgan fingerprint density at radius 3 is 2.53 bits per heavy atom. The van der Waals surface area contributed by atoms with Crippen LogP contribution in [-0.4, -0.2) is 53.8 Å². The molecule has 0 aromatic heterocycles. The normalized spacial score (nSPS) is 24.8. The molecule has 1 fully saturated rings. The first-order valence-corrected chi connectivity index (χ1v) is 7.15. The molecule has 2 atom stereocenters. The highest BCUT2D eigenvalue weighted by atomic mass is 32.2. The first kappa shape index (κ1) is 14.4. The van der Waals surface area contributed by atoms with Crippen molar-refractivity contribution >= 4 is 16.2 Å². The molecule has 0 aromatic rings. The van der Waals surface area contributed by atoms with E-state index in [0.717, 1.165) is 23.6 Å². The summed E-state index contributed by atoms with van der Waals surface area (Å²) in [7, 11) is -2.35. The van der Waals surface area contributed by atoms with Gasteiger partial charge < -0.3 is 5.11 Å². The molecule has 1 rings (SSSR count). The number of piperidine rings is 1. The van der Waals surface area contributed by atoms with E-state index in [4.69, 9.17) is 5.11 Å². The van der Waals surface area contributed by atoms with Crippen LogP contribution in [0, 0.1) is 0 Å². The summed E-state index contributed by atoms with van der Waals surface area (Å²) in [6, 6.07) is -1.11. The number of carboxylic acid groups (broad SMARTS) is 1. The van der Waals surface area contributed by atoms with Gasteiger partial charge in [-0.25, -0.2) is 0 Å². The minimum absolute atomic E-state index is 0.0582. The van der Waals surface area contributed by atoms with Crippen molar-refractivity contribution in [2.75, 3.05) is 13.6 Å². The maximum Gasteiger partial charge on any atom is 0.321 e. The molecule has 1 aliphatic rings. The van der Waals surface area contributed by atoms with Crippen LogP contribution in [0.15, 0.2) is 0 Å². The van der Waals surface area contributed by atoms with Crippen LogP contribution in [0.5, 0.6) is 0 Å². The zero-order valence-corrected chi connectivity index (χ0v) is 11.3. The summed E-state index contributed by atoms with van der Waals surface area (Å²) >= 11 is 0. The van der Waals surface area contributed by atoms with Crippen LogP contribution in [0.1, 0.15) is 33.1 Å². The molecular weight excluding hydrogens is 244 g/mol. The average molecular weight is 264 g/mol. The third-order valence-corrected chi connectivity index (χ3v) is 5.48. The van der Waals surface area contributed by atoms with Crippen molar-refractivity contribution in [3.05, 3.63) is 0 Å². The van der Waals surface area contributed by atoms with E-state index in [-0.39, 0.29) is 6.04 Å². The highest BCUT2D eigenvalue weighted by Crippen LogP contribution is 2.22. The van der Waals surface area contributed by atoms with Crippen LogP contribution in [0.4, 0.5) is 0 Å². The van der Waals surface area contributed by atoms with Crippen LogP contribution >= 0.6 is 0 Å². The molecule has 1 heterocycles. The van der Waals surface area contributed by atoms with Gasteiger partial charge in [0.15, 0.2) is 0 Å². The smallest absolute Gasteiger partial charge is 0.321 e. The van der Waals surface area contributed by atoms with E-state index in [2.05, 4.69) is 0 Å². The molecule has 1 N–H and O–H groups in total. The van der Waals surface area contributed by atoms with Gasteiger partial charge in [-0.3, -0.25) is 4.79 Å². The van der Waals surface area contributed by atoms with Crippen LogP contribution in [-0.2, 0) is 15.0 Å². The van der Waals surface area contributed by atoms with Crippen molar-refractivity contribution in [1.29, 1.82) is 0 Å². The molecule has 17 heavy (non-hydrogen) atoms. The van der Waals surface area contributed by atoms with Gasteiger partial charge in [0, 0.05) is 19.6 Å². The van der Waals surface area contributed by atoms with Gasteiger partial charge in [0.05, 0.1) is 0 Å². The lowest BCUT2D eigenvalue weighted by Crippen LogP contribution is -2.52. The lowest BCUT2D eigenvalue weighted by atomic mass is 10.1. The van der Waals surface area contributed by atoms with Crippen molar-refractivity contribution in [1.82, 2.24) is 8.61 Å². The number of carboxylic acids is 1. The van der Waals surface area contributed by atoms with E-state index >= 15 is 0 Å². The Balaban J connectivity index is 2.89. The number of hydrogen-bond donors (Lipinski definition) is 1. The van der Waals surface area contributed by atoms with Crippen molar-refractivity contribution < 1.29 is 18.3 Å². The van der Waals surface area contributed by atoms with Crippen molar-refractivity contribution in [3.63, 3.8) is 0 Å². The Morgan fingerprint density at radius 2 is 2.06 bits per heavy atom. The molecule has 1 saturated heterocycles. The van der Waals surface area contributed by atoms with Gasteiger partial charge in [-0.1, -0.05) is 6.42 Å². The number of likely N-dealkylation sites (N-methyl/N-ethyl adjacent to an activating group) is 1. The van der Waals surface area contributed by atoms with Gasteiger partial charge in [0.25, 0.3) is 10.2 Å². The Hall–Kier alpha value is -0.660. The van der Waals surface area contributed by atoms with E-state index in [1.54, 1.807) is 0 Å². The fourth-order valence-electron chi connectivity index (χ4n) is 1.94. The highest BCUT2D eigenvalue weighted by Gasteiger charge is 2.36. The van der Waals surface area contributed by atoms with E-state index in [1.807, 2.05) is 6.92 Å². The Bertz CT molecular complexity index is 382. The molecule has 0 aromatic carbocycles. The Labute approximate surface area is 102 Å². The average Bonchev–Trinajstić information content (AvgIpc) is 2.27. The quantitative estimate of drug-likeness (QED) is 0.802. The van der Waals surface area contributed by atoms with Gasteiger partial charge in [0.1, 0.15) is 6.04 Å². The predicted molar refractivity (Wildman–Crippen MR) is 63.8 cm³/mol. The van der Waals surface area contributed by atoms with Crippen molar-refractivity contribution in [3.8, 4) is 0 Å². The number of aliphatic carboxylic acids is 1. The standard InChI is InChI=1S/C10H20N2O4S/c1-8-6-4-5-7-12(8)17(15,16)11(3)9(2)10(13)14/h8-9H,4-7H2,1-3H3,(H,13,14). The number of hydrogen-bond acceptors (Lipinski definition) is 3. The van der Waals surface area contributed by atoms with Gasteiger partial charge >= 0.3 is 5.97 Å². The monoisotopic (exact) mass is 264 g/mol. The third kappa shape index (κ3) is 2.97. The Kier molecular flexibility index (Phi) is 4.51. The summed E-state index contributed by atoms with van der Waals surface area (Å²) in [5.41, 5.74) is 0. The van der Waals surface area contributed by atoms with E-state index in [9.17, 15) is 13.2 Å². The first-order chi connectivity index (χ1) is 7.78. The molecule has 7 heteroatoms. The maximum atomic E-state index is 12.2. The third-order valence-electron chi connectivity index (χ3n) is 3.31. The molecule has 0 radical (unpaired) electrons. The van der Waals surface area contributed by atoms with Crippen LogP contribution in [0.25, 0.3) is 0 Å². The molecule has 6 nitrogen and oxygen atoms in total. The fraction of sp³-hybridized carbons (Fsp3) is 0.900. The van der Waals surface area contributed by atoms with E-state index < -0.39 is 22.2 Å². The predicted octanol–water partition coefficient (Wildman–Crippen LogP) is 0.510. The molecule has 100 valence electrons.